The number of halogens is 1. The molecule has 2 rings (SSSR count). The van der Waals surface area contributed by atoms with Crippen molar-refractivity contribution >= 4 is 23.5 Å². The maximum atomic E-state index is 12.3. The molecule has 1 aromatic heterocycles. The molecule has 1 N–H and O–H groups in total. The molecule has 1 atom stereocenters. The zero-order chi connectivity index (χ0) is 14.0. The van der Waals surface area contributed by atoms with Crippen molar-refractivity contribution < 1.29 is 19.4 Å². The number of pyridine rings is 1. The topological polar surface area (TPSA) is 79.7 Å². The maximum absolute atomic E-state index is 12.3. The van der Waals surface area contributed by atoms with Crippen LogP contribution in [0, 0.1) is 6.92 Å². The predicted molar refractivity (Wildman–Crippen MR) is 67.3 cm³/mol. The number of ether oxygens (including phenoxy) is 1. The number of rotatable bonds is 2. The SMILES string of the molecule is Cc1cc(Cl)c(C(=O)N2CCOC(C(=O)O)C2)cn1. The largest absolute Gasteiger partial charge is 0.479 e. The second-order valence-corrected chi connectivity index (χ2v) is 4.66. The monoisotopic (exact) mass is 284 g/mol. The molecule has 6 nitrogen and oxygen atoms in total. The van der Waals surface area contributed by atoms with Gasteiger partial charge in [0.15, 0.2) is 6.10 Å². The fourth-order valence-corrected chi connectivity index (χ4v) is 2.12. The second-order valence-electron chi connectivity index (χ2n) is 4.25. The minimum Gasteiger partial charge on any atom is -0.479 e. The molecule has 1 saturated heterocycles. The van der Waals surface area contributed by atoms with E-state index < -0.39 is 12.1 Å². The Labute approximate surface area is 114 Å². The lowest BCUT2D eigenvalue weighted by atomic mass is 10.2. The van der Waals surface area contributed by atoms with Crippen LogP contribution in [-0.2, 0) is 9.53 Å². The molecule has 0 aliphatic carbocycles. The molecule has 0 bridgehead atoms. The van der Waals surface area contributed by atoms with Gasteiger partial charge in [-0.05, 0) is 13.0 Å². The normalized spacial score (nSPS) is 19.3. The van der Waals surface area contributed by atoms with Gasteiger partial charge in [0.1, 0.15) is 0 Å². The molecule has 102 valence electrons. The number of carbonyl (C=O) groups is 2. The summed E-state index contributed by atoms with van der Waals surface area (Å²) in [5.41, 5.74) is 0.991. The number of nitrogens with zero attached hydrogens (tertiary/aromatic N) is 2. The third kappa shape index (κ3) is 3.02. The summed E-state index contributed by atoms with van der Waals surface area (Å²) in [6.07, 6.45) is 0.417. The number of carboxylic acids is 1. The number of aryl methyl sites for hydroxylation is 1. The Kier molecular flexibility index (Phi) is 4.01. The average Bonchev–Trinajstić information content (AvgIpc) is 2.38. The van der Waals surface area contributed by atoms with Gasteiger partial charge in [-0.15, -0.1) is 0 Å². The average molecular weight is 285 g/mol. The van der Waals surface area contributed by atoms with Gasteiger partial charge in [0.25, 0.3) is 5.91 Å². The van der Waals surface area contributed by atoms with E-state index >= 15 is 0 Å². The standard InChI is InChI=1S/C12H13ClN2O4/c1-7-4-9(13)8(5-14-7)11(16)15-2-3-19-10(6-15)12(17)18/h4-5,10H,2-3,6H2,1H3,(H,17,18). The molecule has 0 radical (unpaired) electrons. The van der Waals surface area contributed by atoms with Gasteiger partial charge < -0.3 is 14.7 Å². The van der Waals surface area contributed by atoms with Crippen LogP contribution in [0.15, 0.2) is 12.3 Å². The summed E-state index contributed by atoms with van der Waals surface area (Å²) in [5, 5.41) is 9.21. The molecule has 1 amide bonds. The highest BCUT2D eigenvalue weighted by Gasteiger charge is 2.30. The van der Waals surface area contributed by atoms with Gasteiger partial charge in [0.2, 0.25) is 0 Å². The first kappa shape index (κ1) is 13.8. The molecule has 1 unspecified atom stereocenters. The zero-order valence-corrected chi connectivity index (χ0v) is 11.1. The number of morpholine rings is 1. The van der Waals surface area contributed by atoms with Gasteiger partial charge in [-0.3, -0.25) is 9.78 Å². The second kappa shape index (κ2) is 5.54. The number of hydrogen-bond donors (Lipinski definition) is 1. The third-order valence-electron chi connectivity index (χ3n) is 2.85. The van der Waals surface area contributed by atoms with Crippen molar-refractivity contribution in [1.29, 1.82) is 0 Å². The Balaban J connectivity index is 2.17. The van der Waals surface area contributed by atoms with E-state index in [-0.39, 0.29) is 24.6 Å². The Morgan fingerprint density at radius 3 is 2.95 bits per heavy atom. The molecule has 19 heavy (non-hydrogen) atoms. The highest BCUT2D eigenvalue weighted by Crippen LogP contribution is 2.19. The fraction of sp³-hybridized carbons (Fsp3) is 0.417. The molecular weight excluding hydrogens is 272 g/mol. The summed E-state index contributed by atoms with van der Waals surface area (Å²) in [5.74, 6) is -1.40. The molecule has 0 spiro atoms. The van der Waals surface area contributed by atoms with Gasteiger partial charge >= 0.3 is 5.97 Å². The molecule has 1 aliphatic heterocycles. The molecular formula is C12H13ClN2O4. The van der Waals surface area contributed by atoms with Crippen LogP contribution in [0.1, 0.15) is 16.1 Å². The van der Waals surface area contributed by atoms with Crippen molar-refractivity contribution in [1.82, 2.24) is 9.88 Å². The van der Waals surface area contributed by atoms with Gasteiger partial charge in [0, 0.05) is 18.4 Å². The molecule has 7 heteroatoms. The van der Waals surface area contributed by atoms with Gasteiger partial charge in [-0.2, -0.15) is 0 Å². The van der Waals surface area contributed by atoms with Crippen molar-refractivity contribution in [2.75, 3.05) is 19.7 Å². The molecule has 1 fully saturated rings. The van der Waals surface area contributed by atoms with Crippen LogP contribution in [-0.4, -0.2) is 52.7 Å². The number of aliphatic carboxylic acids is 1. The van der Waals surface area contributed by atoms with E-state index in [9.17, 15) is 9.59 Å². The van der Waals surface area contributed by atoms with Crippen LogP contribution < -0.4 is 0 Å². The van der Waals surface area contributed by atoms with Crippen LogP contribution in [0.4, 0.5) is 0 Å². The first-order chi connectivity index (χ1) is 8.99. The van der Waals surface area contributed by atoms with Crippen molar-refractivity contribution in [2.45, 2.75) is 13.0 Å². The number of hydrogen-bond acceptors (Lipinski definition) is 4. The van der Waals surface area contributed by atoms with E-state index in [4.69, 9.17) is 21.4 Å². The summed E-state index contributed by atoms with van der Waals surface area (Å²) in [6.45, 7) is 2.32. The third-order valence-corrected chi connectivity index (χ3v) is 3.16. The molecule has 1 aromatic rings. The van der Waals surface area contributed by atoms with E-state index in [1.807, 2.05) is 0 Å². The van der Waals surface area contributed by atoms with Gasteiger partial charge in [0.05, 0.1) is 23.7 Å². The Morgan fingerprint density at radius 2 is 2.32 bits per heavy atom. The maximum Gasteiger partial charge on any atom is 0.334 e. The van der Waals surface area contributed by atoms with Crippen molar-refractivity contribution in [3.8, 4) is 0 Å². The summed E-state index contributed by atoms with van der Waals surface area (Å²) in [7, 11) is 0. The molecule has 1 aliphatic rings. The highest BCUT2D eigenvalue weighted by atomic mass is 35.5. The lowest BCUT2D eigenvalue weighted by molar-refractivity contribution is -0.154. The molecule has 2 heterocycles. The van der Waals surface area contributed by atoms with E-state index in [0.717, 1.165) is 0 Å². The van der Waals surface area contributed by atoms with E-state index in [1.165, 1.54) is 11.1 Å². The summed E-state index contributed by atoms with van der Waals surface area (Å²) >= 11 is 6.01. The van der Waals surface area contributed by atoms with Crippen LogP contribution in [0.2, 0.25) is 5.02 Å². The fourth-order valence-electron chi connectivity index (χ4n) is 1.84. The van der Waals surface area contributed by atoms with Crippen molar-refractivity contribution in [2.24, 2.45) is 0 Å². The first-order valence-electron chi connectivity index (χ1n) is 5.75. The van der Waals surface area contributed by atoms with Gasteiger partial charge in [-0.1, -0.05) is 11.6 Å². The summed E-state index contributed by atoms with van der Waals surface area (Å²) in [4.78, 5) is 28.6. The quantitative estimate of drug-likeness (QED) is 0.875. The van der Waals surface area contributed by atoms with Crippen LogP contribution in [0.25, 0.3) is 0 Å². The zero-order valence-electron chi connectivity index (χ0n) is 10.3. The van der Waals surface area contributed by atoms with Crippen LogP contribution in [0.3, 0.4) is 0 Å². The van der Waals surface area contributed by atoms with Crippen LogP contribution in [0.5, 0.6) is 0 Å². The predicted octanol–water partition coefficient (Wildman–Crippen LogP) is 0.969. The van der Waals surface area contributed by atoms with Gasteiger partial charge in [-0.25, -0.2) is 4.79 Å². The van der Waals surface area contributed by atoms with Crippen LogP contribution >= 0.6 is 11.6 Å². The minimum absolute atomic E-state index is 0.0123. The number of carboxylic acid groups (broad SMARTS) is 1. The lowest BCUT2D eigenvalue weighted by Crippen LogP contribution is -2.48. The van der Waals surface area contributed by atoms with Crippen molar-refractivity contribution in [3.05, 3.63) is 28.5 Å². The highest BCUT2D eigenvalue weighted by molar-refractivity contribution is 6.33. The Hall–Kier alpha value is -1.66. The Bertz CT molecular complexity index is 520. The van der Waals surface area contributed by atoms with E-state index in [2.05, 4.69) is 4.98 Å². The number of carbonyl (C=O) groups excluding carboxylic acids is 1. The van der Waals surface area contributed by atoms with E-state index in [1.54, 1.807) is 13.0 Å². The summed E-state index contributed by atoms with van der Waals surface area (Å²) in [6, 6.07) is 1.60. The smallest absolute Gasteiger partial charge is 0.334 e. The number of aromatic nitrogens is 1. The lowest BCUT2D eigenvalue weighted by Gasteiger charge is -2.31. The summed E-state index contributed by atoms with van der Waals surface area (Å²) < 4.78 is 5.06. The first-order valence-corrected chi connectivity index (χ1v) is 6.12. The minimum atomic E-state index is -1.08. The van der Waals surface area contributed by atoms with Crippen molar-refractivity contribution in [3.63, 3.8) is 0 Å². The number of amides is 1. The molecule has 0 saturated carbocycles. The molecule has 0 aromatic carbocycles. The Morgan fingerprint density at radius 1 is 1.58 bits per heavy atom. The van der Waals surface area contributed by atoms with E-state index in [0.29, 0.717) is 17.3 Å².